The lowest BCUT2D eigenvalue weighted by molar-refractivity contribution is -0.137. The maximum absolute atomic E-state index is 11.6. The first kappa shape index (κ1) is 15.2. The van der Waals surface area contributed by atoms with Crippen molar-refractivity contribution in [2.24, 2.45) is 0 Å². The molecule has 4 heteroatoms. The lowest BCUT2D eigenvalue weighted by Crippen LogP contribution is -2.24. The summed E-state index contributed by atoms with van der Waals surface area (Å²) in [5, 5.41) is 11.3. The molecule has 0 bridgehead atoms. The highest BCUT2D eigenvalue weighted by Crippen LogP contribution is 2.05. The Hall–Kier alpha value is -1.84. The predicted molar refractivity (Wildman–Crippen MR) is 74.0 cm³/mol. The first-order chi connectivity index (χ1) is 9.08. The van der Waals surface area contributed by atoms with Gasteiger partial charge in [-0.05, 0) is 31.7 Å². The number of aliphatic carboxylic acids is 1. The van der Waals surface area contributed by atoms with Crippen molar-refractivity contribution in [2.45, 2.75) is 39.0 Å². The smallest absolute Gasteiger partial charge is 0.303 e. The molecule has 0 unspecified atom stereocenters. The van der Waals surface area contributed by atoms with Crippen LogP contribution in [0.2, 0.25) is 0 Å². The Kier molecular flexibility index (Phi) is 6.64. The van der Waals surface area contributed by atoms with Gasteiger partial charge in [-0.1, -0.05) is 29.8 Å². The van der Waals surface area contributed by atoms with Gasteiger partial charge >= 0.3 is 5.97 Å². The molecule has 0 aliphatic carbocycles. The first-order valence-corrected chi connectivity index (χ1v) is 6.62. The highest BCUT2D eigenvalue weighted by molar-refractivity contribution is 5.76. The summed E-state index contributed by atoms with van der Waals surface area (Å²) in [4.78, 5) is 21.8. The number of carboxylic acids is 1. The van der Waals surface area contributed by atoms with E-state index in [4.69, 9.17) is 5.11 Å². The van der Waals surface area contributed by atoms with E-state index in [-0.39, 0.29) is 12.3 Å². The predicted octanol–water partition coefficient (Wildman–Crippen LogP) is 2.30. The Bertz CT molecular complexity index is 412. The van der Waals surface area contributed by atoms with Gasteiger partial charge in [0.1, 0.15) is 0 Å². The van der Waals surface area contributed by atoms with Crippen LogP contribution in [0.1, 0.15) is 36.8 Å². The van der Waals surface area contributed by atoms with Crippen molar-refractivity contribution in [3.8, 4) is 0 Å². The Labute approximate surface area is 113 Å². The molecule has 0 atom stereocenters. The van der Waals surface area contributed by atoms with Crippen LogP contribution < -0.4 is 5.32 Å². The zero-order valence-corrected chi connectivity index (χ0v) is 11.3. The summed E-state index contributed by atoms with van der Waals surface area (Å²) in [5.41, 5.74) is 2.37. The molecule has 0 aliphatic heterocycles. The van der Waals surface area contributed by atoms with Crippen LogP contribution in [0.5, 0.6) is 0 Å². The van der Waals surface area contributed by atoms with E-state index in [1.165, 1.54) is 5.56 Å². The van der Waals surface area contributed by atoms with Gasteiger partial charge in [-0.15, -0.1) is 0 Å². The van der Waals surface area contributed by atoms with Crippen LogP contribution in [0.25, 0.3) is 0 Å². The van der Waals surface area contributed by atoms with Gasteiger partial charge in [-0.2, -0.15) is 0 Å². The largest absolute Gasteiger partial charge is 0.481 e. The number of rotatable bonds is 8. The molecule has 0 spiro atoms. The summed E-state index contributed by atoms with van der Waals surface area (Å²) in [6, 6.07) is 8.16. The first-order valence-electron chi connectivity index (χ1n) is 6.62. The van der Waals surface area contributed by atoms with Crippen molar-refractivity contribution in [3.05, 3.63) is 35.4 Å². The summed E-state index contributed by atoms with van der Waals surface area (Å²) in [5.74, 6) is -0.762. The van der Waals surface area contributed by atoms with E-state index in [0.717, 1.165) is 12.0 Å². The van der Waals surface area contributed by atoms with Gasteiger partial charge in [0.2, 0.25) is 5.91 Å². The van der Waals surface area contributed by atoms with Crippen LogP contribution >= 0.6 is 0 Å². The topological polar surface area (TPSA) is 66.4 Å². The molecular formula is C15H21NO3. The molecule has 1 amide bonds. The minimum absolute atomic E-state index is 0.0240. The molecule has 0 aromatic heterocycles. The van der Waals surface area contributed by atoms with Crippen LogP contribution in [0.3, 0.4) is 0 Å². The highest BCUT2D eigenvalue weighted by Gasteiger charge is 2.02. The normalized spacial score (nSPS) is 10.2. The van der Waals surface area contributed by atoms with Gasteiger partial charge in [0, 0.05) is 19.4 Å². The van der Waals surface area contributed by atoms with E-state index in [2.05, 4.69) is 5.32 Å². The molecule has 104 valence electrons. The number of carbonyl (C=O) groups is 2. The van der Waals surface area contributed by atoms with Gasteiger partial charge in [0.25, 0.3) is 0 Å². The number of unbranched alkanes of at least 4 members (excludes halogenated alkanes) is 1. The van der Waals surface area contributed by atoms with Gasteiger partial charge in [0.05, 0.1) is 0 Å². The number of carbonyl (C=O) groups excluding carboxylic acids is 1. The fourth-order valence-corrected chi connectivity index (χ4v) is 1.73. The van der Waals surface area contributed by atoms with Crippen LogP contribution in [0.4, 0.5) is 0 Å². The number of hydrogen-bond acceptors (Lipinski definition) is 2. The summed E-state index contributed by atoms with van der Waals surface area (Å²) >= 11 is 0. The maximum Gasteiger partial charge on any atom is 0.303 e. The molecule has 0 saturated carbocycles. The monoisotopic (exact) mass is 263 g/mol. The van der Waals surface area contributed by atoms with E-state index in [9.17, 15) is 9.59 Å². The fourth-order valence-electron chi connectivity index (χ4n) is 1.73. The summed E-state index contributed by atoms with van der Waals surface area (Å²) in [6.07, 6.45) is 2.69. The third kappa shape index (κ3) is 7.24. The average molecular weight is 263 g/mol. The van der Waals surface area contributed by atoms with Crippen molar-refractivity contribution in [2.75, 3.05) is 6.54 Å². The van der Waals surface area contributed by atoms with Crippen molar-refractivity contribution < 1.29 is 14.7 Å². The lowest BCUT2D eigenvalue weighted by atomic mass is 10.1. The average Bonchev–Trinajstić information content (AvgIpc) is 2.37. The van der Waals surface area contributed by atoms with Gasteiger partial charge < -0.3 is 10.4 Å². The molecular weight excluding hydrogens is 242 g/mol. The lowest BCUT2D eigenvalue weighted by Gasteiger charge is -2.05. The molecule has 19 heavy (non-hydrogen) atoms. The molecule has 0 saturated heterocycles. The van der Waals surface area contributed by atoms with Crippen molar-refractivity contribution in [1.29, 1.82) is 0 Å². The zero-order valence-electron chi connectivity index (χ0n) is 11.3. The maximum atomic E-state index is 11.6. The molecule has 0 radical (unpaired) electrons. The number of benzene rings is 1. The molecule has 1 aromatic rings. The standard InChI is InChI=1S/C15H21NO3/c1-12-5-7-13(8-6-12)9-10-14(17)16-11-3-2-4-15(18)19/h5-8H,2-4,9-11H2,1H3,(H,16,17)(H,18,19). The zero-order chi connectivity index (χ0) is 14.1. The molecule has 1 rings (SSSR count). The number of aryl methyl sites for hydroxylation is 2. The molecule has 0 heterocycles. The number of nitrogens with one attached hydrogen (secondary N) is 1. The van der Waals surface area contributed by atoms with E-state index in [1.54, 1.807) is 0 Å². The Morgan fingerprint density at radius 3 is 2.42 bits per heavy atom. The van der Waals surface area contributed by atoms with E-state index >= 15 is 0 Å². The Balaban J connectivity index is 2.11. The molecule has 0 fully saturated rings. The van der Waals surface area contributed by atoms with Crippen LogP contribution in [-0.2, 0) is 16.0 Å². The van der Waals surface area contributed by atoms with Gasteiger partial charge in [-0.3, -0.25) is 9.59 Å². The van der Waals surface area contributed by atoms with Crippen molar-refractivity contribution >= 4 is 11.9 Å². The van der Waals surface area contributed by atoms with Crippen LogP contribution in [-0.4, -0.2) is 23.5 Å². The number of amides is 1. The summed E-state index contributed by atoms with van der Waals surface area (Å²) in [6.45, 7) is 2.59. The van der Waals surface area contributed by atoms with Crippen LogP contribution in [0, 0.1) is 6.92 Å². The Morgan fingerprint density at radius 2 is 1.79 bits per heavy atom. The minimum atomic E-state index is -0.786. The quantitative estimate of drug-likeness (QED) is 0.707. The number of hydrogen-bond donors (Lipinski definition) is 2. The summed E-state index contributed by atoms with van der Waals surface area (Å²) < 4.78 is 0. The van der Waals surface area contributed by atoms with Gasteiger partial charge in [0.15, 0.2) is 0 Å². The second kappa shape index (κ2) is 8.29. The minimum Gasteiger partial charge on any atom is -0.481 e. The van der Waals surface area contributed by atoms with E-state index in [0.29, 0.717) is 25.8 Å². The summed E-state index contributed by atoms with van der Waals surface area (Å²) in [7, 11) is 0. The van der Waals surface area contributed by atoms with Crippen molar-refractivity contribution in [3.63, 3.8) is 0 Å². The molecule has 0 aliphatic rings. The fraction of sp³-hybridized carbons (Fsp3) is 0.467. The number of carboxylic acid groups (broad SMARTS) is 1. The SMILES string of the molecule is Cc1ccc(CCC(=O)NCCCCC(=O)O)cc1. The van der Waals surface area contributed by atoms with Gasteiger partial charge in [-0.25, -0.2) is 0 Å². The second-order valence-electron chi connectivity index (χ2n) is 4.69. The highest BCUT2D eigenvalue weighted by atomic mass is 16.4. The third-order valence-corrected chi connectivity index (χ3v) is 2.90. The molecule has 4 nitrogen and oxygen atoms in total. The molecule has 2 N–H and O–H groups in total. The Morgan fingerprint density at radius 1 is 1.11 bits per heavy atom. The van der Waals surface area contributed by atoms with Crippen molar-refractivity contribution in [1.82, 2.24) is 5.32 Å². The second-order valence-corrected chi connectivity index (χ2v) is 4.69. The third-order valence-electron chi connectivity index (χ3n) is 2.90. The molecule has 1 aromatic carbocycles. The van der Waals surface area contributed by atoms with E-state index < -0.39 is 5.97 Å². The van der Waals surface area contributed by atoms with Crippen LogP contribution in [0.15, 0.2) is 24.3 Å². The van der Waals surface area contributed by atoms with E-state index in [1.807, 2.05) is 31.2 Å².